The lowest BCUT2D eigenvalue weighted by Gasteiger charge is -2.10. The van der Waals surface area contributed by atoms with E-state index in [4.69, 9.17) is 14.6 Å². The van der Waals surface area contributed by atoms with Gasteiger partial charge in [-0.3, -0.25) is 9.59 Å². The minimum Gasteiger partial charge on any atom is -0.497 e. The molecule has 1 amide bonds. The minimum atomic E-state index is -0.409. The highest BCUT2D eigenvalue weighted by atomic mass is 16.5. The maximum absolute atomic E-state index is 12.7. The van der Waals surface area contributed by atoms with Crippen LogP contribution in [0.1, 0.15) is 41.7 Å². The number of benzene rings is 3. The number of ether oxygens (including phenoxy) is 2. The Bertz CT molecular complexity index is 1370. The van der Waals surface area contributed by atoms with Gasteiger partial charge in [0.25, 0.3) is 5.91 Å². The van der Waals surface area contributed by atoms with Gasteiger partial charge in [0, 0.05) is 24.1 Å². The number of anilines is 1. The van der Waals surface area contributed by atoms with E-state index in [0.29, 0.717) is 28.8 Å². The van der Waals surface area contributed by atoms with Crippen LogP contribution in [0.2, 0.25) is 0 Å². The summed E-state index contributed by atoms with van der Waals surface area (Å²) in [7, 11) is 1.57. The van der Waals surface area contributed by atoms with Crippen LogP contribution in [-0.4, -0.2) is 28.8 Å². The standard InChI is InChI=1S/C28H25N3O4/c1-18(32)35-28-25(26(20-11-12-20)30-31(28)23-8-4-3-5-9-23)19-13-15-22(16-14-19)29-27(33)21-7-6-10-24(17-21)34-2/h3-10,13-17,20H,11-12H2,1-2H3,(H,29,33). The summed E-state index contributed by atoms with van der Waals surface area (Å²) in [4.78, 5) is 24.7. The molecule has 4 aromatic rings. The highest BCUT2D eigenvalue weighted by molar-refractivity contribution is 6.04. The zero-order valence-electron chi connectivity index (χ0n) is 19.5. The second-order valence-electron chi connectivity index (χ2n) is 8.44. The summed E-state index contributed by atoms with van der Waals surface area (Å²) in [6.07, 6.45) is 2.10. The van der Waals surface area contributed by atoms with Crippen LogP contribution in [0.5, 0.6) is 11.6 Å². The number of hydrogen-bond acceptors (Lipinski definition) is 5. The summed E-state index contributed by atoms with van der Waals surface area (Å²) in [5.74, 6) is 0.713. The number of para-hydroxylation sites is 1. The van der Waals surface area contributed by atoms with E-state index < -0.39 is 5.97 Å². The largest absolute Gasteiger partial charge is 0.497 e. The normalized spacial score (nSPS) is 12.7. The molecular formula is C28H25N3O4. The number of rotatable bonds is 7. The SMILES string of the molecule is COc1cccc(C(=O)Nc2ccc(-c3c(C4CC4)nn(-c4ccccc4)c3OC(C)=O)cc2)c1. The summed E-state index contributed by atoms with van der Waals surface area (Å²) >= 11 is 0. The lowest BCUT2D eigenvalue weighted by Crippen LogP contribution is -2.11. The van der Waals surface area contributed by atoms with Gasteiger partial charge in [-0.2, -0.15) is 9.78 Å². The molecule has 1 aliphatic carbocycles. The van der Waals surface area contributed by atoms with Crippen molar-refractivity contribution in [1.82, 2.24) is 9.78 Å². The summed E-state index contributed by atoms with van der Waals surface area (Å²) in [6.45, 7) is 1.39. The van der Waals surface area contributed by atoms with E-state index in [2.05, 4.69) is 5.32 Å². The van der Waals surface area contributed by atoms with Gasteiger partial charge in [-0.05, 0) is 60.9 Å². The van der Waals surface area contributed by atoms with E-state index in [1.165, 1.54) is 6.92 Å². The van der Waals surface area contributed by atoms with Crippen LogP contribution in [0, 0.1) is 0 Å². The van der Waals surface area contributed by atoms with Crippen molar-refractivity contribution in [1.29, 1.82) is 0 Å². The molecule has 0 bridgehead atoms. The smallest absolute Gasteiger partial charge is 0.309 e. The van der Waals surface area contributed by atoms with Gasteiger partial charge in [-0.25, -0.2) is 0 Å². The first kappa shape index (κ1) is 22.4. The molecule has 5 rings (SSSR count). The molecule has 176 valence electrons. The number of amides is 1. The molecule has 0 saturated heterocycles. The summed E-state index contributed by atoms with van der Waals surface area (Å²) < 4.78 is 12.6. The van der Waals surface area contributed by atoms with Crippen LogP contribution in [0.15, 0.2) is 78.9 Å². The fourth-order valence-corrected chi connectivity index (χ4v) is 3.99. The molecule has 0 radical (unpaired) electrons. The molecule has 0 spiro atoms. The second-order valence-corrected chi connectivity index (χ2v) is 8.44. The molecule has 1 aromatic heterocycles. The van der Waals surface area contributed by atoms with Crippen LogP contribution < -0.4 is 14.8 Å². The van der Waals surface area contributed by atoms with Crippen molar-refractivity contribution in [2.24, 2.45) is 0 Å². The van der Waals surface area contributed by atoms with Gasteiger partial charge in [-0.1, -0.05) is 36.4 Å². The van der Waals surface area contributed by atoms with Crippen LogP contribution in [0.4, 0.5) is 5.69 Å². The van der Waals surface area contributed by atoms with Gasteiger partial charge < -0.3 is 14.8 Å². The molecule has 0 atom stereocenters. The minimum absolute atomic E-state index is 0.229. The Morgan fingerprint density at radius 1 is 0.971 bits per heavy atom. The third-order valence-electron chi connectivity index (χ3n) is 5.84. The van der Waals surface area contributed by atoms with E-state index >= 15 is 0 Å². The fraction of sp³-hybridized carbons (Fsp3) is 0.179. The van der Waals surface area contributed by atoms with Crippen molar-refractivity contribution in [2.75, 3.05) is 12.4 Å². The Labute approximate surface area is 203 Å². The molecule has 7 nitrogen and oxygen atoms in total. The van der Waals surface area contributed by atoms with Crippen LogP contribution in [0.25, 0.3) is 16.8 Å². The van der Waals surface area contributed by atoms with Gasteiger partial charge in [-0.15, -0.1) is 0 Å². The first-order valence-electron chi connectivity index (χ1n) is 11.5. The van der Waals surface area contributed by atoms with E-state index in [9.17, 15) is 9.59 Å². The van der Waals surface area contributed by atoms with Crippen molar-refractivity contribution >= 4 is 17.6 Å². The van der Waals surface area contributed by atoms with Crippen LogP contribution in [-0.2, 0) is 4.79 Å². The fourth-order valence-electron chi connectivity index (χ4n) is 3.99. The van der Waals surface area contributed by atoms with Crippen molar-refractivity contribution < 1.29 is 19.1 Å². The van der Waals surface area contributed by atoms with E-state index in [1.807, 2.05) is 54.6 Å². The molecule has 1 heterocycles. The molecule has 1 saturated carbocycles. The van der Waals surface area contributed by atoms with Gasteiger partial charge in [0.15, 0.2) is 0 Å². The van der Waals surface area contributed by atoms with E-state index in [1.54, 1.807) is 36.1 Å². The maximum Gasteiger partial charge on any atom is 0.309 e. The average Bonchev–Trinajstić information content (AvgIpc) is 3.66. The van der Waals surface area contributed by atoms with Gasteiger partial charge in [0.05, 0.1) is 24.1 Å². The predicted molar refractivity (Wildman–Crippen MR) is 133 cm³/mol. The number of carbonyl (C=O) groups is 2. The highest BCUT2D eigenvalue weighted by Gasteiger charge is 2.34. The zero-order chi connectivity index (χ0) is 24.4. The number of hydrogen-bond donors (Lipinski definition) is 1. The molecule has 1 N–H and O–H groups in total. The quantitative estimate of drug-likeness (QED) is 0.358. The Morgan fingerprint density at radius 2 is 1.71 bits per heavy atom. The predicted octanol–water partition coefficient (Wildman–Crippen LogP) is 5.60. The zero-order valence-corrected chi connectivity index (χ0v) is 19.5. The Balaban J connectivity index is 1.49. The monoisotopic (exact) mass is 467 g/mol. The van der Waals surface area contributed by atoms with Gasteiger partial charge in [0.2, 0.25) is 5.88 Å². The number of aromatic nitrogens is 2. The number of methoxy groups -OCH3 is 1. The highest BCUT2D eigenvalue weighted by Crippen LogP contribution is 2.48. The third kappa shape index (κ3) is 4.80. The van der Waals surface area contributed by atoms with E-state index in [0.717, 1.165) is 35.3 Å². The number of esters is 1. The molecule has 1 aliphatic rings. The first-order valence-corrected chi connectivity index (χ1v) is 11.5. The van der Waals surface area contributed by atoms with Crippen molar-refractivity contribution in [3.8, 4) is 28.4 Å². The van der Waals surface area contributed by atoms with E-state index in [-0.39, 0.29) is 5.91 Å². The van der Waals surface area contributed by atoms with Crippen LogP contribution in [0.3, 0.4) is 0 Å². The summed E-state index contributed by atoms with van der Waals surface area (Å²) in [6, 6.07) is 24.1. The number of nitrogens with one attached hydrogen (secondary N) is 1. The summed E-state index contributed by atoms with van der Waals surface area (Å²) in [5.41, 5.74) is 4.56. The maximum atomic E-state index is 12.7. The van der Waals surface area contributed by atoms with Crippen molar-refractivity contribution in [3.63, 3.8) is 0 Å². The molecule has 3 aromatic carbocycles. The van der Waals surface area contributed by atoms with Crippen molar-refractivity contribution in [2.45, 2.75) is 25.7 Å². The first-order chi connectivity index (χ1) is 17.0. The summed E-state index contributed by atoms with van der Waals surface area (Å²) in [5, 5.41) is 7.77. The molecule has 0 aliphatic heterocycles. The topological polar surface area (TPSA) is 82.4 Å². The molecule has 0 unspecified atom stereocenters. The third-order valence-corrected chi connectivity index (χ3v) is 5.84. The molecule has 35 heavy (non-hydrogen) atoms. The van der Waals surface area contributed by atoms with Crippen LogP contribution >= 0.6 is 0 Å². The average molecular weight is 468 g/mol. The molecular weight excluding hydrogens is 442 g/mol. The lowest BCUT2D eigenvalue weighted by atomic mass is 10.0. The van der Waals surface area contributed by atoms with Gasteiger partial charge >= 0.3 is 5.97 Å². The lowest BCUT2D eigenvalue weighted by molar-refractivity contribution is -0.132. The Hall–Kier alpha value is -4.39. The number of carbonyl (C=O) groups excluding carboxylic acids is 2. The molecule has 1 fully saturated rings. The Kier molecular flexibility index (Phi) is 6.06. The molecule has 7 heteroatoms. The Morgan fingerprint density at radius 3 is 2.37 bits per heavy atom. The number of nitrogens with zero attached hydrogens (tertiary/aromatic N) is 2. The van der Waals surface area contributed by atoms with Crippen molar-refractivity contribution in [3.05, 3.63) is 90.1 Å². The van der Waals surface area contributed by atoms with Gasteiger partial charge in [0.1, 0.15) is 5.75 Å². The second kappa shape index (κ2) is 9.46.